The zero-order chi connectivity index (χ0) is 14.8. The normalized spacial score (nSPS) is 12.5. The van der Waals surface area contributed by atoms with Crippen LogP contribution in [0, 0.1) is 5.82 Å². The first-order chi connectivity index (χ1) is 10.2. The lowest BCUT2D eigenvalue weighted by molar-refractivity contribution is 0.622. The first kappa shape index (κ1) is 14.2. The van der Waals surface area contributed by atoms with E-state index in [1.165, 1.54) is 12.1 Å². The van der Waals surface area contributed by atoms with Crippen LogP contribution in [0.15, 0.2) is 59.2 Å². The Hall–Kier alpha value is -1.78. The van der Waals surface area contributed by atoms with Gasteiger partial charge >= 0.3 is 0 Å². The molecule has 0 spiro atoms. The number of aromatic nitrogens is 1. The zero-order valence-corrected chi connectivity index (χ0v) is 13.1. The van der Waals surface area contributed by atoms with Crippen molar-refractivity contribution in [2.45, 2.75) is 6.04 Å². The number of benzene rings is 2. The van der Waals surface area contributed by atoms with E-state index in [1.807, 2.05) is 25.2 Å². The maximum Gasteiger partial charge on any atom is 0.124 e. The van der Waals surface area contributed by atoms with Crippen molar-refractivity contribution < 1.29 is 4.39 Å². The van der Waals surface area contributed by atoms with Gasteiger partial charge in [0, 0.05) is 16.1 Å². The molecule has 0 aliphatic heterocycles. The molecule has 2 nitrogen and oxygen atoms in total. The van der Waals surface area contributed by atoms with Gasteiger partial charge in [-0.15, -0.1) is 0 Å². The summed E-state index contributed by atoms with van der Waals surface area (Å²) in [7, 11) is 1.90. The minimum atomic E-state index is -0.250. The standard InChI is InChI=1S/C17H14BrFN2/c1-20-17(14-8-7-11(19)10-15(14)18)13-4-2-6-16-12(13)5-3-9-21-16/h2-10,17,20H,1H3. The van der Waals surface area contributed by atoms with Crippen molar-refractivity contribution in [2.75, 3.05) is 7.05 Å². The summed E-state index contributed by atoms with van der Waals surface area (Å²) < 4.78 is 14.1. The topological polar surface area (TPSA) is 24.9 Å². The molecule has 2 aromatic carbocycles. The Morgan fingerprint density at radius 3 is 2.71 bits per heavy atom. The fraction of sp³-hybridized carbons (Fsp3) is 0.118. The van der Waals surface area contributed by atoms with Gasteiger partial charge in [-0.2, -0.15) is 0 Å². The molecule has 1 N–H and O–H groups in total. The second kappa shape index (κ2) is 5.92. The molecule has 106 valence electrons. The molecule has 0 saturated heterocycles. The van der Waals surface area contributed by atoms with E-state index in [9.17, 15) is 4.39 Å². The zero-order valence-electron chi connectivity index (χ0n) is 11.5. The summed E-state index contributed by atoms with van der Waals surface area (Å²) in [6.45, 7) is 0. The van der Waals surface area contributed by atoms with E-state index in [1.54, 1.807) is 12.3 Å². The third-order valence-electron chi connectivity index (χ3n) is 3.55. The monoisotopic (exact) mass is 344 g/mol. The summed E-state index contributed by atoms with van der Waals surface area (Å²) in [6, 6.07) is 14.8. The van der Waals surface area contributed by atoms with E-state index in [-0.39, 0.29) is 11.9 Å². The van der Waals surface area contributed by atoms with Crippen LogP contribution in [-0.4, -0.2) is 12.0 Å². The van der Waals surface area contributed by atoms with Crippen LogP contribution in [0.5, 0.6) is 0 Å². The average molecular weight is 345 g/mol. The molecule has 21 heavy (non-hydrogen) atoms. The molecule has 1 unspecified atom stereocenters. The number of rotatable bonds is 3. The Morgan fingerprint density at radius 1 is 1.10 bits per heavy atom. The number of pyridine rings is 1. The lowest BCUT2D eigenvalue weighted by atomic mass is 9.95. The summed E-state index contributed by atoms with van der Waals surface area (Å²) in [5.74, 6) is -0.250. The molecule has 1 atom stereocenters. The minimum Gasteiger partial charge on any atom is -0.309 e. The highest BCUT2D eigenvalue weighted by Gasteiger charge is 2.17. The van der Waals surface area contributed by atoms with Gasteiger partial charge in [0.15, 0.2) is 0 Å². The number of fused-ring (bicyclic) bond motifs is 1. The largest absolute Gasteiger partial charge is 0.309 e. The molecule has 3 rings (SSSR count). The van der Waals surface area contributed by atoms with Crippen molar-refractivity contribution in [2.24, 2.45) is 0 Å². The first-order valence-corrected chi connectivity index (χ1v) is 7.46. The Kier molecular flexibility index (Phi) is 3.99. The lowest BCUT2D eigenvalue weighted by Gasteiger charge is -2.20. The number of nitrogens with zero attached hydrogens (tertiary/aromatic N) is 1. The van der Waals surface area contributed by atoms with Gasteiger partial charge in [-0.05, 0) is 42.4 Å². The lowest BCUT2D eigenvalue weighted by Crippen LogP contribution is -2.18. The highest BCUT2D eigenvalue weighted by molar-refractivity contribution is 9.10. The summed E-state index contributed by atoms with van der Waals surface area (Å²) >= 11 is 3.45. The molecule has 1 heterocycles. The summed E-state index contributed by atoms with van der Waals surface area (Å²) in [5.41, 5.74) is 3.07. The van der Waals surface area contributed by atoms with Crippen molar-refractivity contribution in [3.63, 3.8) is 0 Å². The summed E-state index contributed by atoms with van der Waals surface area (Å²) in [5, 5.41) is 4.40. The molecule has 4 heteroatoms. The average Bonchev–Trinajstić information content (AvgIpc) is 2.50. The van der Waals surface area contributed by atoms with Gasteiger partial charge in [0.05, 0.1) is 11.6 Å². The molecule has 1 aromatic heterocycles. The van der Waals surface area contributed by atoms with Crippen molar-refractivity contribution in [3.05, 3.63) is 76.1 Å². The van der Waals surface area contributed by atoms with Crippen LogP contribution in [0.4, 0.5) is 4.39 Å². The second-order valence-electron chi connectivity index (χ2n) is 4.80. The van der Waals surface area contributed by atoms with Crippen LogP contribution in [0.1, 0.15) is 17.2 Å². The van der Waals surface area contributed by atoms with E-state index in [2.05, 4.69) is 38.4 Å². The van der Waals surface area contributed by atoms with Crippen molar-refractivity contribution in [3.8, 4) is 0 Å². The summed E-state index contributed by atoms with van der Waals surface area (Å²) in [6.07, 6.45) is 1.79. The van der Waals surface area contributed by atoms with Gasteiger partial charge in [0.2, 0.25) is 0 Å². The fourth-order valence-corrected chi connectivity index (χ4v) is 3.17. The molecule has 0 bridgehead atoms. The quantitative estimate of drug-likeness (QED) is 0.759. The van der Waals surface area contributed by atoms with Crippen LogP contribution in [0.3, 0.4) is 0 Å². The molecule has 0 saturated carbocycles. The maximum atomic E-state index is 13.3. The van der Waals surface area contributed by atoms with Crippen LogP contribution in [-0.2, 0) is 0 Å². The summed E-state index contributed by atoms with van der Waals surface area (Å²) in [4.78, 5) is 4.39. The predicted molar refractivity (Wildman–Crippen MR) is 86.7 cm³/mol. The third-order valence-corrected chi connectivity index (χ3v) is 4.24. The molecular formula is C17H14BrFN2. The number of nitrogens with one attached hydrogen (secondary N) is 1. The molecule has 3 aromatic rings. The molecular weight excluding hydrogens is 331 g/mol. The van der Waals surface area contributed by atoms with Crippen LogP contribution in [0.25, 0.3) is 10.9 Å². The Balaban J connectivity index is 2.18. The Morgan fingerprint density at radius 2 is 1.95 bits per heavy atom. The van der Waals surface area contributed by atoms with Gasteiger partial charge in [0.1, 0.15) is 5.82 Å². The second-order valence-corrected chi connectivity index (χ2v) is 5.66. The highest BCUT2D eigenvalue weighted by atomic mass is 79.9. The van der Waals surface area contributed by atoms with Crippen LogP contribution in [0.2, 0.25) is 0 Å². The van der Waals surface area contributed by atoms with Crippen molar-refractivity contribution >= 4 is 26.8 Å². The van der Waals surface area contributed by atoms with Crippen LogP contribution < -0.4 is 5.32 Å². The van der Waals surface area contributed by atoms with Crippen LogP contribution >= 0.6 is 15.9 Å². The van der Waals surface area contributed by atoms with Gasteiger partial charge in [0.25, 0.3) is 0 Å². The van der Waals surface area contributed by atoms with Gasteiger partial charge in [-0.25, -0.2) is 4.39 Å². The SMILES string of the molecule is CNC(c1ccc(F)cc1Br)c1cccc2ncccc12. The van der Waals surface area contributed by atoms with E-state index in [0.29, 0.717) is 0 Å². The van der Waals surface area contributed by atoms with Gasteiger partial charge < -0.3 is 5.32 Å². The first-order valence-electron chi connectivity index (χ1n) is 6.66. The highest BCUT2D eigenvalue weighted by Crippen LogP contribution is 2.32. The molecule has 0 aliphatic rings. The minimum absolute atomic E-state index is 0.0344. The van der Waals surface area contributed by atoms with E-state index >= 15 is 0 Å². The number of halogens is 2. The smallest absolute Gasteiger partial charge is 0.124 e. The van der Waals surface area contributed by atoms with Gasteiger partial charge in [-0.1, -0.05) is 40.2 Å². The predicted octanol–water partition coefficient (Wildman–Crippen LogP) is 4.45. The molecule has 0 amide bonds. The number of hydrogen-bond donors (Lipinski definition) is 1. The van der Waals surface area contributed by atoms with Crippen molar-refractivity contribution in [1.82, 2.24) is 10.3 Å². The third kappa shape index (κ3) is 2.69. The van der Waals surface area contributed by atoms with E-state index < -0.39 is 0 Å². The Labute approximate surface area is 131 Å². The number of hydrogen-bond acceptors (Lipinski definition) is 2. The molecule has 0 aliphatic carbocycles. The van der Waals surface area contributed by atoms with Crippen molar-refractivity contribution in [1.29, 1.82) is 0 Å². The maximum absolute atomic E-state index is 13.3. The van der Waals surface area contributed by atoms with Gasteiger partial charge in [-0.3, -0.25) is 4.98 Å². The van der Waals surface area contributed by atoms with E-state index in [0.717, 1.165) is 26.5 Å². The fourth-order valence-electron chi connectivity index (χ4n) is 2.59. The molecule has 0 fully saturated rings. The van der Waals surface area contributed by atoms with E-state index in [4.69, 9.17) is 0 Å². The Bertz CT molecular complexity index is 783. The molecule has 0 radical (unpaired) electrons.